The fourth-order valence-corrected chi connectivity index (χ4v) is 3.95. The molecule has 1 fully saturated rings. The summed E-state index contributed by atoms with van der Waals surface area (Å²) in [6.45, 7) is 3.66. The van der Waals surface area contributed by atoms with Crippen molar-refractivity contribution in [3.8, 4) is 5.75 Å². The van der Waals surface area contributed by atoms with Crippen molar-refractivity contribution in [2.24, 2.45) is 0 Å². The van der Waals surface area contributed by atoms with Crippen LogP contribution >= 0.6 is 0 Å². The van der Waals surface area contributed by atoms with Crippen molar-refractivity contribution >= 4 is 21.4 Å². The average molecular weight is 415 g/mol. The second kappa shape index (κ2) is 7.88. The molecule has 0 radical (unpaired) electrons. The van der Waals surface area contributed by atoms with Crippen LogP contribution in [0.5, 0.6) is 5.75 Å². The molecule has 2 aromatic rings. The highest BCUT2D eigenvalue weighted by Crippen LogP contribution is 2.26. The van der Waals surface area contributed by atoms with Crippen molar-refractivity contribution in [3.63, 3.8) is 0 Å². The van der Waals surface area contributed by atoms with E-state index in [0.29, 0.717) is 5.69 Å². The molecule has 1 saturated heterocycles. The Morgan fingerprint density at radius 1 is 1.00 bits per heavy atom. The van der Waals surface area contributed by atoms with E-state index in [9.17, 15) is 21.6 Å². The Kier molecular flexibility index (Phi) is 5.71. The summed E-state index contributed by atoms with van der Waals surface area (Å²) < 4.78 is 68.1. The van der Waals surface area contributed by atoms with Crippen LogP contribution in [0, 0.1) is 0 Å². The quantitative estimate of drug-likeness (QED) is 0.813. The smallest absolute Gasteiger partial charge is 0.406 e. The monoisotopic (exact) mass is 415 g/mol. The molecule has 0 spiro atoms. The number of halogens is 3. The molecule has 3 rings (SSSR count). The predicted octanol–water partition coefficient (Wildman–Crippen LogP) is 3.14. The normalized spacial score (nSPS) is 16.1. The molecule has 6 nitrogen and oxygen atoms in total. The van der Waals surface area contributed by atoms with Crippen molar-refractivity contribution in [1.29, 1.82) is 0 Å². The Hall–Kier alpha value is -2.46. The molecule has 152 valence electrons. The number of likely N-dealkylation sites (N-methyl/N-ethyl adjacent to an activating group) is 1. The van der Waals surface area contributed by atoms with E-state index < -0.39 is 22.1 Å². The van der Waals surface area contributed by atoms with E-state index in [2.05, 4.69) is 26.3 Å². The van der Waals surface area contributed by atoms with E-state index in [4.69, 9.17) is 0 Å². The maximum atomic E-state index is 12.5. The minimum atomic E-state index is -4.89. The number of hydrogen-bond acceptors (Lipinski definition) is 5. The number of nitrogens with zero attached hydrogens (tertiary/aromatic N) is 2. The summed E-state index contributed by atoms with van der Waals surface area (Å²) in [6, 6.07) is 11.1. The van der Waals surface area contributed by atoms with E-state index in [1.54, 1.807) is 12.1 Å². The summed E-state index contributed by atoms with van der Waals surface area (Å²) in [6.07, 6.45) is -4.89. The number of nitrogens with one attached hydrogen (secondary N) is 1. The molecule has 2 aromatic carbocycles. The first-order chi connectivity index (χ1) is 13.1. The number of alkyl halides is 3. The van der Waals surface area contributed by atoms with E-state index in [0.717, 1.165) is 44.0 Å². The summed E-state index contributed by atoms with van der Waals surface area (Å²) in [7, 11) is -1.99. The highest BCUT2D eigenvalue weighted by atomic mass is 32.2. The van der Waals surface area contributed by atoms with Gasteiger partial charge in [-0.1, -0.05) is 6.07 Å². The Morgan fingerprint density at radius 2 is 1.64 bits per heavy atom. The Balaban J connectivity index is 1.71. The molecule has 0 atom stereocenters. The summed E-state index contributed by atoms with van der Waals surface area (Å²) in [5.74, 6) is -0.596. The third-order valence-electron chi connectivity index (χ3n) is 4.34. The van der Waals surface area contributed by atoms with Crippen molar-refractivity contribution in [2.75, 3.05) is 42.8 Å². The van der Waals surface area contributed by atoms with Crippen LogP contribution in [-0.2, 0) is 10.0 Å². The van der Waals surface area contributed by atoms with Gasteiger partial charge in [-0.2, -0.15) is 0 Å². The first kappa shape index (κ1) is 20.3. The summed E-state index contributed by atoms with van der Waals surface area (Å²) in [4.78, 5) is 4.11. The molecule has 0 unspecified atom stereocenters. The lowest BCUT2D eigenvalue weighted by Crippen LogP contribution is -2.44. The van der Waals surface area contributed by atoms with Gasteiger partial charge in [-0.3, -0.25) is 4.72 Å². The van der Waals surface area contributed by atoms with Crippen molar-refractivity contribution in [3.05, 3.63) is 48.5 Å². The van der Waals surface area contributed by atoms with Gasteiger partial charge in [0.15, 0.2) is 0 Å². The maximum absolute atomic E-state index is 12.5. The van der Waals surface area contributed by atoms with Gasteiger partial charge < -0.3 is 14.5 Å². The number of rotatable bonds is 5. The van der Waals surface area contributed by atoms with Crippen LogP contribution in [0.2, 0.25) is 0 Å². The molecule has 0 saturated carbocycles. The van der Waals surface area contributed by atoms with Gasteiger partial charge in [0.25, 0.3) is 10.0 Å². The van der Waals surface area contributed by atoms with Crippen LogP contribution in [0.3, 0.4) is 0 Å². The van der Waals surface area contributed by atoms with Crippen molar-refractivity contribution in [2.45, 2.75) is 11.3 Å². The summed E-state index contributed by atoms with van der Waals surface area (Å²) >= 11 is 0. The SMILES string of the molecule is CN1CCN(c2ccc(NS(=O)(=O)c3cccc(OC(F)(F)F)c3)cc2)CC1. The molecule has 0 aromatic heterocycles. The second-order valence-electron chi connectivity index (χ2n) is 6.47. The third-order valence-corrected chi connectivity index (χ3v) is 5.72. The lowest BCUT2D eigenvalue weighted by Gasteiger charge is -2.34. The summed E-state index contributed by atoms with van der Waals surface area (Å²) in [5, 5.41) is 0. The molecule has 0 amide bonds. The zero-order valence-electron chi connectivity index (χ0n) is 15.1. The number of hydrogen-bond donors (Lipinski definition) is 1. The first-order valence-corrected chi connectivity index (χ1v) is 10.0. The van der Waals surface area contributed by atoms with Gasteiger partial charge in [-0.25, -0.2) is 8.42 Å². The minimum absolute atomic E-state index is 0.319. The largest absolute Gasteiger partial charge is 0.573 e. The molecule has 0 aliphatic carbocycles. The zero-order chi connectivity index (χ0) is 20.4. The number of piperazine rings is 1. The minimum Gasteiger partial charge on any atom is -0.406 e. The Morgan fingerprint density at radius 3 is 2.25 bits per heavy atom. The molecular formula is C18H20F3N3O3S. The lowest BCUT2D eigenvalue weighted by atomic mass is 10.2. The molecular weight excluding hydrogens is 395 g/mol. The van der Waals surface area contributed by atoms with Crippen LogP contribution in [0.25, 0.3) is 0 Å². The lowest BCUT2D eigenvalue weighted by molar-refractivity contribution is -0.274. The number of anilines is 2. The molecule has 1 N–H and O–H groups in total. The second-order valence-corrected chi connectivity index (χ2v) is 8.15. The predicted molar refractivity (Wildman–Crippen MR) is 100 cm³/mol. The fourth-order valence-electron chi connectivity index (χ4n) is 2.86. The van der Waals surface area contributed by atoms with Crippen molar-refractivity contribution in [1.82, 2.24) is 4.90 Å². The van der Waals surface area contributed by atoms with Crippen LogP contribution in [0.1, 0.15) is 0 Å². The van der Waals surface area contributed by atoms with Gasteiger partial charge in [0.1, 0.15) is 5.75 Å². The standard InChI is InChI=1S/C18H20F3N3O3S/c1-23-9-11-24(12-10-23)15-7-5-14(6-8-15)22-28(25,26)17-4-2-3-16(13-17)27-18(19,20)21/h2-8,13,22H,9-12H2,1H3. The average Bonchev–Trinajstić information content (AvgIpc) is 2.62. The Labute approximate surface area is 161 Å². The molecule has 10 heteroatoms. The van der Waals surface area contributed by atoms with E-state index >= 15 is 0 Å². The van der Waals surface area contributed by atoms with Crippen LogP contribution in [0.4, 0.5) is 24.5 Å². The molecule has 28 heavy (non-hydrogen) atoms. The fraction of sp³-hybridized carbons (Fsp3) is 0.333. The van der Waals surface area contributed by atoms with Gasteiger partial charge >= 0.3 is 6.36 Å². The maximum Gasteiger partial charge on any atom is 0.573 e. The van der Waals surface area contributed by atoms with Gasteiger partial charge in [-0.05, 0) is 43.4 Å². The van der Waals surface area contributed by atoms with E-state index in [1.807, 2.05) is 12.1 Å². The van der Waals surface area contributed by atoms with Gasteiger partial charge in [0.05, 0.1) is 4.90 Å². The topological polar surface area (TPSA) is 61.9 Å². The van der Waals surface area contributed by atoms with E-state index in [1.165, 1.54) is 12.1 Å². The molecule has 1 aliphatic rings. The van der Waals surface area contributed by atoms with Crippen LogP contribution < -0.4 is 14.4 Å². The number of ether oxygens (including phenoxy) is 1. The first-order valence-electron chi connectivity index (χ1n) is 8.55. The van der Waals surface area contributed by atoms with Crippen LogP contribution in [-0.4, -0.2) is 52.9 Å². The summed E-state index contributed by atoms with van der Waals surface area (Å²) in [5.41, 5.74) is 1.30. The highest BCUT2D eigenvalue weighted by Gasteiger charge is 2.31. The third kappa shape index (κ3) is 5.29. The van der Waals surface area contributed by atoms with Gasteiger partial charge in [0, 0.05) is 43.6 Å². The number of benzene rings is 2. The molecule has 0 bridgehead atoms. The zero-order valence-corrected chi connectivity index (χ0v) is 15.9. The van der Waals surface area contributed by atoms with E-state index in [-0.39, 0.29) is 4.90 Å². The molecule has 1 aliphatic heterocycles. The van der Waals surface area contributed by atoms with Gasteiger partial charge in [0.2, 0.25) is 0 Å². The van der Waals surface area contributed by atoms with Crippen LogP contribution in [0.15, 0.2) is 53.4 Å². The molecule has 1 heterocycles. The van der Waals surface area contributed by atoms with Crippen molar-refractivity contribution < 1.29 is 26.3 Å². The Bertz CT molecular complexity index is 910. The number of sulfonamides is 1. The van der Waals surface area contributed by atoms with Gasteiger partial charge in [-0.15, -0.1) is 13.2 Å². The highest BCUT2D eigenvalue weighted by molar-refractivity contribution is 7.92.